The van der Waals surface area contributed by atoms with Crippen LogP contribution in [0.15, 0.2) is 36.5 Å². The molecule has 100 valence electrons. The Morgan fingerprint density at radius 1 is 1.25 bits per heavy atom. The first-order valence-corrected chi connectivity index (χ1v) is 6.10. The summed E-state index contributed by atoms with van der Waals surface area (Å²) in [6.07, 6.45) is 1.25. The van der Waals surface area contributed by atoms with Crippen molar-refractivity contribution in [3.05, 3.63) is 52.2 Å². The van der Waals surface area contributed by atoms with Gasteiger partial charge in [0.1, 0.15) is 11.9 Å². The first kappa shape index (κ1) is 12.3. The van der Waals surface area contributed by atoms with Gasteiger partial charge in [-0.2, -0.15) is 0 Å². The highest BCUT2D eigenvalue weighted by molar-refractivity contribution is 5.81. The van der Waals surface area contributed by atoms with Crippen LogP contribution in [0.4, 0.5) is 5.82 Å². The van der Waals surface area contributed by atoms with Crippen LogP contribution in [0.5, 0.6) is 0 Å². The molecule has 1 aromatic carbocycles. The van der Waals surface area contributed by atoms with Crippen molar-refractivity contribution in [3.8, 4) is 11.5 Å². The van der Waals surface area contributed by atoms with Crippen LogP contribution in [-0.4, -0.2) is 19.5 Å². The van der Waals surface area contributed by atoms with Gasteiger partial charge in [0.15, 0.2) is 0 Å². The van der Waals surface area contributed by atoms with Gasteiger partial charge in [-0.15, -0.1) is 0 Å². The number of imidazole rings is 1. The summed E-state index contributed by atoms with van der Waals surface area (Å²) in [5, 5.41) is 11.9. The number of hydrogen-bond acceptors (Lipinski definition) is 4. The Bertz CT molecular complexity index is 823. The number of nitrogens with zero attached hydrogens (tertiary/aromatic N) is 4. The molecule has 0 N–H and O–H groups in total. The highest BCUT2D eigenvalue weighted by atomic mass is 16.6. The van der Waals surface area contributed by atoms with E-state index in [0.29, 0.717) is 11.5 Å². The minimum Gasteiger partial charge on any atom is -0.358 e. The van der Waals surface area contributed by atoms with Crippen molar-refractivity contribution < 1.29 is 4.92 Å². The van der Waals surface area contributed by atoms with Crippen LogP contribution in [0, 0.1) is 17.0 Å². The smallest absolute Gasteiger partial charge is 0.342 e. The van der Waals surface area contributed by atoms with Crippen LogP contribution < -0.4 is 0 Å². The number of pyridine rings is 1. The molecule has 3 rings (SSSR count). The van der Waals surface area contributed by atoms with Gasteiger partial charge in [-0.05, 0) is 30.0 Å². The van der Waals surface area contributed by atoms with Gasteiger partial charge in [-0.3, -0.25) is 0 Å². The van der Waals surface area contributed by atoms with Crippen molar-refractivity contribution in [1.29, 1.82) is 0 Å². The molecule has 0 spiro atoms. The maximum atomic E-state index is 10.8. The van der Waals surface area contributed by atoms with Gasteiger partial charge in [0, 0.05) is 5.39 Å². The van der Waals surface area contributed by atoms with E-state index in [-0.39, 0.29) is 5.82 Å². The molecule has 0 aliphatic carbocycles. The molecule has 2 heterocycles. The largest absolute Gasteiger partial charge is 0.358 e. The third-order valence-electron chi connectivity index (χ3n) is 3.22. The predicted molar refractivity (Wildman–Crippen MR) is 75.3 cm³/mol. The van der Waals surface area contributed by atoms with Crippen molar-refractivity contribution in [2.24, 2.45) is 7.05 Å². The monoisotopic (exact) mass is 268 g/mol. The number of fused-ring (bicyclic) bond motifs is 1. The van der Waals surface area contributed by atoms with Crippen molar-refractivity contribution in [3.63, 3.8) is 0 Å². The van der Waals surface area contributed by atoms with Crippen LogP contribution >= 0.6 is 0 Å². The summed E-state index contributed by atoms with van der Waals surface area (Å²) in [7, 11) is 1.61. The van der Waals surface area contributed by atoms with E-state index in [1.807, 2.05) is 37.3 Å². The number of hydrogen-bond donors (Lipinski definition) is 0. The van der Waals surface area contributed by atoms with Gasteiger partial charge in [-0.25, -0.2) is 14.5 Å². The van der Waals surface area contributed by atoms with E-state index in [9.17, 15) is 10.1 Å². The molecule has 0 radical (unpaired) electrons. The van der Waals surface area contributed by atoms with Gasteiger partial charge in [-0.1, -0.05) is 17.7 Å². The second-order valence-corrected chi connectivity index (χ2v) is 4.65. The minimum absolute atomic E-state index is 0.0502. The van der Waals surface area contributed by atoms with Crippen LogP contribution in [0.25, 0.3) is 22.4 Å². The Morgan fingerprint density at radius 2 is 2.05 bits per heavy atom. The number of nitro groups is 1. The lowest BCUT2D eigenvalue weighted by atomic mass is 10.1. The SMILES string of the molecule is Cc1ccc2nc(-c3ncc([N+](=O)[O-])n3C)ccc2c1. The summed E-state index contributed by atoms with van der Waals surface area (Å²) in [4.78, 5) is 19.0. The molecule has 0 aliphatic rings. The van der Waals surface area contributed by atoms with E-state index in [0.717, 1.165) is 10.9 Å². The molecule has 0 saturated carbocycles. The lowest BCUT2D eigenvalue weighted by Crippen LogP contribution is -2.00. The highest BCUT2D eigenvalue weighted by Crippen LogP contribution is 2.23. The van der Waals surface area contributed by atoms with Crippen molar-refractivity contribution >= 4 is 16.7 Å². The average Bonchev–Trinajstić information content (AvgIpc) is 2.80. The number of benzene rings is 1. The van der Waals surface area contributed by atoms with Crippen molar-refractivity contribution in [1.82, 2.24) is 14.5 Å². The summed E-state index contributed by atoms with van der Waals surface area (Å²) >= 11 is 0. The molecule has 20 heavy (non-hydrogen) atoms. The number of aryl methyl sites for hydroxylation is 1. The molecule has 0 unspecified atom stereocenters. The fourth-order valence-corrected chi connectivity index (χ4v) is 2.18. The Labute approximate surface area is 114 Å². The summed E-state index contributed by atoms with van der Waals surface area (Å²) in [5.41, 5.74) is 2.63. The zero-order valence-corrected chi connectivity index (χ0v) is 11.1. The van der Waals surface area contributed by atoms with Gasteiger partial charge < -0.3 is 10.1 Å². The van der Waals surface area contributed by atoms with Crippen LogP contribution in [0.2, 0.25) is 0 Å². The Hall–Kier alpha value is -2.76. The van der Waals surface area contributed by atoms with Gasteiger partial charge >= 0.3 is 5.82 Å². The Kier molecular flexibility index (Phi) is 2.71. The molecule has 2 aromatic heterocycles. The molecular formula is C14H12N4O2. The van der Waals surface area contributed by atoms with Crippen LogP contribution in [0.3, 0.4) is 0 Å². The normalized spacial score (nSPS) is 10.9. The first-order valence-electron chi connectivity index (χ1n) is 6.10. The molecule has 0 atom stereocenters. The second-order valence-electron chi connectivity index (χ2n) is 4.65. The summed E-state index contributed by atoms with van der Waals surface area (Å²) in [5.74, 6) is 0.435. The van der Waals surface area contributed by atoms with Crippen molar-refractivity contribution in [2.45, 2.75) is 6.92 Å². The van der Waals surface area contributed by atoms with Gasteiger partial charge in [0.05, 0.1) is 12.6 Å². The van der Waals surface area contributed by atoms with E-state index in [4.69, 9.17) is 0 Å². The maximum Gasteiger partial charge on any atom is 0.342 e. The topological polar surface area (TPSA) is 73.8 Å². The molecule has 0 fully saturated rings. The second kappa shape index (κ2) is 4.41. The molecule has 6 nitrogen and oxygen atoms in total. The Morgan fingerprint density at radius 3 is 2.75 bits per heavy atom. The van der Waals surface area contributed by atoms with Gasteiger partial charge in [0.2, 0.25) is 5.82 Å². The third kappa shape index (κ3) is 1.91. The summed E-state index contributed by atoms with van der Waals surface area (Å²) in [6, 6.07) is 9.75. The van der Waals surface area contributed by atoms with E-state index >= 15 is 0 Å². The fourth-order valence-electron chi connectivity index (χ4n) is 2.18. The average molecular weight is 268 g/mol. The lowest BCUT2D eigenvalue weighted by molar-refractivity contribution is -0.391. The molecule has 6 heteroatoms. The summed E-state index contributed by atoms with van der Waals surface area (Å²) in [6.45, 7) is 2.02. The van der Waals surface area contributed by atoms with Gasteiger partial charge in [0.25, 0.3) is 0 Å². The zero-order valence-electron chi connectivity index (χ0n) is 11.1. The van der Waals surface area contributed by atoms with E-state index in [1.54, 1.807) is 7.05 Å². The van der Waals surface area contributed by atoms with Crippen molar-refractivity contribution in [2.75, 3.05) is 0 Å². The van der Waals surface area contributed by atoms with Crippen LogP contribution in [0.1, 0.15) is 5.56 Å². The van der Waals surface area contributed by atoms with E-state index < -0.39 is 4.92 Å². The standard InChI is InChI=1S/C14H12N4O2/c1-9-3-5-11-10(7-9)4-6-12(16-11)14-15-8-13(17(14)2)18(19)20/h3-8H,1-2H3. The molecule has 0 aliphatic heterocycles. The molecule has 0 bridgehead atoms. The van der Waals surface area contributed by atoms with E-state index in [2.05, 4.69) is 9.97 Å². The fraction of sp³-hybridized carbons (Fsp3) is 0.143. The third-order valence-corrected chi connectivity index (χ3v) is 3.22. The highest BCUT2D eigenvalue weighted by Gasteiger charge is 2.19. The predicted octanol–water partition coefficient (Wildman–Crippen LogP) is 2.85. The van der Waals surface area contributed by atoms with E-state index in [1.165, 1.54) is 16.3 Å². The molecular weight excluding hydrogens is 256 g/mol. The first-order chi connectivity index (χ1) is 9.56. The Balaban J connectivity index is 2.15. The molecule has 3 aromatic rings. The summed E-state index contributed by atoms with van der Waals surface area (Å²) < 4.78 is 1.43. The lowest BCUT2D eigenvalue weighted by Gasteiger charge is -2.02. The van der Waals surface area contributed by atoms with Crippen LogP contribution in [-0.2, 0) is 7.05 Å². The molecule has 0 saturated heterocycles. The number of aromatic nitrogens is 3. The number of rotatable bonds is 2. The minimum atomic E-state index is -0.457. The molecule has 0 amide bonds. The maximum absolute atomic E-state index is 10.8. The zero-order chi connectivity index (χ0) is 14.3. The quantitative estimate of drug-likeness (QED) is 0.529.